The van der Waals surface area contributed by atoms with Crippen molar-refractivity contribution in [3.8, 4) is 11.3 Å². The molecule has 0 aliphatic carbocycles. The van der Waals surface area contributed by atoms with Crippen molar-refractivity contribution in [2.45, 2.75) is 9.79 Å². The summed E-state index contributed by atoms with van der Waals surface area (Å²) in [5.74, 6) is 0. The van der Waals surface area contributed by atoms with Crippen LogP contribution in [0.4, 0.5) is 17.1 Å². The lowest BCUT2D eigenvalue weighted by atomic mass is 10.1. The molecule has 0 bridgehead atoms. The van der Waals surface area contributed by atoms with Gasteiger partial charge >= 0.3 is 0 Å². The van der Waals surface area contributed by atoms with Gasteiger partial charge in [0, 0.05) is 27.2 Å². The van der Waals surface area contributed by atoms with Crippen LogP contribution in [-0.4, -0.2) is 4.98 Å². The first-order valence-electron chi connectivity index (χ1n) is 8.58. The molecule has 0 N–H and O–H groups in total. The number of hydrogen-bond acceptors (Lipinski definition) is 3. The van der Waals surface area contributed by atoms with Crippen LogP contribution >= 0.6 is 11.8 Å². The highest BCUT2D eigenvalue weighted by Gasteiger charge is 2.24. The molecule has 0 fully saturated rings. The topological polar surface area (TPSA) is 16.1 Å². The number of rotatable bonds is 2. The Morgan fingerprint density at radius 1 is 0.654 bits per heavy atom. The largest absolute Gasteiger partial charge is 0.308 e. The van der Waals surface area contributed by atoms with Crippen molar-refractivity contribution in [1.82, 2.24) is 4.98 Å². The number of para-hydroxylation sites is 2. The van der Waals surface area contributed by atoms with Gasteiger partial charge in [-0.2, -0.15) is 0 Å². The molecule has 0 saturated heterocycles. The monoisotopic (exact) mass is 352 g/mol. The average molecular weight is 352 g/mol. The first kappa shape index (κ1) is 15.2. The van der Waals surface area contributed by atoms with E-state index in [1.165, 1.54) is 21.2 Å². The second-order valence-electron chi connectivity index (χ2n) is 6.14. The zero-order chi connectivity index (χ0) is 17.3. The molecule has 4 aromatic rings. The first-order valence-corrected chi connectivity index (χ1v) is 9.39. The van der Waals surface area contributed by atoms with E-state index in [-0.39, 0.29) is 0 Å². The molecule has 5 rings (SSSR count). The van der Waals surface area contributed by atoms with E-state index in [1.807, 2.05) is 36.2 Å². The van der Waals surface area contributed by atoms with Crippen molar-refractivity contribution in [2.75, 3.05) is 4.90 Å². The number of pyridine rings is 1. The van der Waals surface area contributed by atoms with Crippen molar-refractivity contribution in [3.05, 3.63) is 97.2 Å². The summed E-state index contributed by atoms with van der Waals surface area (Å²) >= 11 is 1.83. The van der Waals surface area contributed by atoms with Crippen molar-refractivity contribution in [2.24, 2.45) is 0 Å². The minimum absolute atomic E-state index is 0.988. The highest BCUT2D eigenvalue weighted by molar-refractivity contribution is 7.99. The smallest absolute Gasteiger partial charge is 0.0702 e. The molecule has 1 aliphatic heterocycles. The van der Waals surface area contributed by atoms with Crippen LogP contribution in [0.5, 0.6) is 0 Å². The van der Waals surface area contributed by atoms with Gasteiger partial charge in [0.2, 0.25) is 0 Å². The third-order valence-electron chi connectivity index (χ3n) is 4.50. The van der Waals surface area contributed by atoms with Gasteiger partial charge in [0.1, 0.15) is 0 Å². The maximum atomic E-state index is 4.50. The number of aromatic nitrogens is 1. The van der Waals surface area contributed by atoms with Crippen LogP contribution in [0.15, 0.2) is 107 Å². The van der Waals surface area contributed by atoms with Gasteiger partial charge < -0.3 is 4.90 Å². The predicted octanol–water partition coefficient (Wildman–Crippen LogP) is 6.68. The van der Waals surface area contributed by atoms with Crippen molar-refractivity contribution in [1.29, 1.82) is 0 Å². The third kappa shape index (κ3) is 2.57. The zero-order valence-corrected chi connectivity index (χ0v) is 14.9. The Labute approximate surface area is 157 Å². The Hall–Kier alpha value is -3.04. The predicted molar refractivity (Wildman–Crippen MR) is 108 cm³/mol. The van der Waals surface area contributed by atoms with E-state index < -0.39 is 0 Å². The Kier molecular flexibility index (Phi) is 3.72. The number of fused-ring (bicyclic) bond motifs is 2. The number of nitrogens with zero attached hydrogens (tertiary/aromatic N) is 2. The number of benzene rings is 3. The summed E-state index contributed by atoms with van der Waals surface area (Å²) in [6.07, 6.45) is 1.84. The fourth-order valence-electron chi connectivity index (χ4n) is 3.32. The molecule has 1 aliphatic rings. The van der Waals surface area contributed by atoms with Crippen LogP contribution < -0.4 is 4.90 Å². The quantitative estimate of drug-likeness (QED) is 0.352. The summed E-state index contributed by atoms with van der Waals surface area (Å²) in [6.45, 7) is 0. The van der Waals surface area contributed by atoms with E-state index in [0.717, 1.165) is 16.9 Å². The minimum Gasteiger partial charge on any atom is -0.308 e. The molecule has 0 spiro atoms. The molecule has 0 amide bonds. The maximum Gasteiger partial charge on any atom is 0.0702 e. The summed E-state index contributed by atoms with van der Waals surface area (Å²) < 4.78 is 0. The van der Waals surface area contributed by atoms with Gasteiger partial charge in [0.15, 0.2) is 0 Å². The zero-order valence-electron chi connectivity index (χ0n) is 14.0. The number of hydrogen-bond donors (Lipinski definition) is 0. The molecular weight excluding hydrogens is 336 g/mol. The van der Waals surface area contributed by atoms with Gasteiger partial charge in [-0.25, -0.2) is 0 Å². The van der Waals surface area contributed by atoms with Crippen molar-refractivity contribution in [3.63, 3.8) is 0 Å². The van der Waals surface area contributed by atoms with Crippen LogP contribution in [0.3, 0.4) is 0 Å². The van der Waals surface area contributed by atoms with Gasteiger partial charge in [0.25, 0.3) is 0 Å². The van der Waals surface area contributed by atoms with Gasteiger partial charge in [-0.15, -0.1) is 0 Å². The lowest BCUT2D eigenvalue weighted by Gasteiger charge is -2.33. The van der Waals surface area contributed by atoms with E-state index in [2.05, 4.69) is 82.7 Å². The Morgan fingerprint density at radius 3 is 2.04 bits per heavy atom. The van der Waals surface area contributed by atoms with Gasteiger partial charge in [-0.05, 0) is 48.5 Å². The Morgan fingerprint density at radius 2 is 1.35 bits per heavy atom. The van der Waals surface area contributed by atoms with Gasteiger partial charge in [-0.1, -0.05) is 54.2 Å². The summed E-state index contributed by atoms with van der Waals surface area (Å²) in [7, 11) is 0. The highest BCUT2D eigenvalue weighted by Crippen LogP contribution is 2.51. The molecule has 0 radical (unpaired) electrons. The molecule has 3 heteroatoms. The minimum atomic E-state index is 0.988. The molecule has 1 aromatic heterocycles. The molecule has 2 nitrogen and oxygen atoms in total. The molecule has 3 aromatic carbocycles. The normalized spacial score (nSPS) is 12.4. The third-order valence-corrected chi connectivity index (χ3v) is 5.63. The van der Waals surface area contributed by atoms with Crippen LogP contribution in [0.25, 0.3) is 11.3 Å². The van der Waals surface area contributed by atoms with Crippen LogP contribution in [0.1, 0.15) is 0 Å². The SMILES string of the molecule is c1ccc(-c2cccc(N3c4ccccc4Sc4ccccc43)c2)nc1. The van der Waals surface area contributed by atoms with E-state index >= 15 is 0 Å². The molecule has 0 saturated carbocycles. The van der Waals surface area contributed by atoms with Crippen LogP contribution in [0, 0.1) is 0 Å². The summed E-state index contributed by atoms with van der Waals surface area (Å²) in [5, 5.41) is 0. The summed E-state index contributed by atoms with van der Waals surface area (Å²) in [6, 6.07) is 31.8. The second-order valence-corrected chi connectivity index (χ2v) is 7.22. The van der Waals surface area contributed by atoms with Gasteiger partial charge in [-0.3, -0.25) is 4.98 Å². The Balaban J connectivity index is 1.69. The molecular formula is C23H16N2S. The van der Waals surface area contributed by atoms with Crippen molar-refractivity contribution >= 4 is 28.8 Å². The standard InChI is InChI=1S/C23H16N2S/c1-3-13-22-20(11-1)25(21-12-2-4-14-23(21)26-22)18-9-7-8-17(16-18)19-10-5-6-15-24-19/h1-16H. The first-order chi connectivity index (χ1) is 12.9. The van der Waals surface area contributed by atoms with Gasteiger partial charge in [0.05, 0.1) is 17.1 Å². The molecule has 2 heterocycles. The molecule has 0 atom stereocenters. The summed E-state index contributed by atoms with van der Waals surface area (Å²) in [5.41, 5.74) is 5.69. The molecule has 0 unspecified atom stereocenters. The molecule has 26 heavy (non-hydrogen) atoms. The fraction of sp³-hybridized carbons (Fsp3) is 0. The second kappa shape index (κ2) is 6.36. The lowest BCUT2D eigenvalue weighted by molar-refractivity contribution is 1.16. The average Bonchev–Trinajstić information content (AvgIpc) is 2.72. The highest BCUT2D eigenvalue weighted by atomic mass is 32.2. The van der Waals surface area contributed by atoms with E-state index in [0.29, 0.717) is 0 Å². The maximum absolute atomic E-state index is 4.50. The fourth-order valence-corrected chi connectivity index (χ4v) is 4.38. The van der Waals surface area contributed by atoms with Crippen LogP contribution in [0.2, 0.25) is 0 Å². The summed E-state index contributed by atoms with van der Waals surface area (Å²) in [4.78, 5) is 9.39. The van der Waals surface area contributed by atoms with E-state index in [1.54, 1.807) is 0 Å². The number of anilines is 3. The molecule has 124 valence electrons. The van der Waals surface area contributed by atoms with E-state index in [4.69, 9.17) is 0 Å². The van der Waals surface area contributed by atoms with E-state index in [9.17, 15) is 0 Å². The Bertz CT molecular complexity index is 1030. The lowest BCUT2D eigenvalue weighted by Crippen LogP contribution is -2.14. The van der Waals surface area contributed by atoms with Crippen LogP contribution in [-0.2, 0) is 0 Å². The van der Waals surface area contributed by atoms with Crippen molar-refractivity contribution < 1.29 is 0 Å².